The van der Waals surface area contributed by atoms with Crippen molar-refractivity contribution < 1.29 is 27.8 Å². The van der Waals surface area contributed by atoms with Crippen molar-refractivity contribution in [2.24, 2.45) is 0 Å². The monoisotopic (exact) mass is 565 g/mol. The SMILES string of the molecule is Brc1cccc2cnc(Nc3ccc(-n4cnc(N5CCOCC5)n4)cc3)nc12.O=C(O)C(F)(F)F. The Morgan fingerprint density at radius 1 is 1.08 bits per heavy atom. The van der Waals surface area contributed by atoms with Crippen LogP contribution in [0.2, 0.25) is 0 Å². The molecule has 2 N–H and O–H groups in total. The maximum atomic E-state index is 10.6. The smallest absolute Gasteiger partial charge is 0.475 e. The molecule has 2 aromatic heterocycles. The number of halogens is 4. The van der Waals surface area contributed by atoms with Crippen LogP contribution in [0.3, 0.4) is 0 Å². The number of carboxylic acid groups (broad SMARTS) is 1. The number of fused-ring (bicyclic) bond motifs is 1. The number of carbonyl (C=O) groups is 1. The number of hydrogen-bond acceptors (Lipinski definition) is 8. The normalized spacial score (nSPS) is 13.7. The Morgan fingerprint density at radius 2 is 1.78 bits per heavy atom. The fraction of sp³-hybridized carbons (Fsp3) is 0.227. The van der Waals surface area contributed by atoms with Crippen molar-refractivity contribution >= 4 is 50.4 Å². The summed E-state index contributed by atoms with van der Waals surface area (Å²) in [5.74, 6) is -1.48. The Labute approximate surface area is 210 Å². The van der Waals surface area contributed by atoms with Crippen LogP contribution in [0.15, 0.2) is 59.5 Å². The molecule has 2 aromatic carbocycles. The highest BCUT2D eigenvalue weighted by Crippen LogP contribution is 2.24. The van der Waals surface area contributed by atoms with Crippen LogP contribution < -0.4 is 10.2 Å². The van der Waals surface area contributed by atoms with Crippen LogP contribution in [0.25, 0.3) is 16.6 Å². The molecule has 0 atom stereocenters. The van der Waals surface area contributed by atoms with Gasteiger partial charge in [-0.1, -0.05) is 12.1 Å². The highest BCUT2D eigenvalue weighted by molar-refractivity contribution is 9.10. The van der Waals surface area contributed by atoms with Crippen molar-refractivity contribution in [1.82, 2.24) is 24.7 Å². The summed E-state index contributed by atoms with van der Waals surface area (Å²) in [5, 5.41) is 15.9. The summed E-state index contributed by atoms with van der Waals surface area (Å²) >= 11 is 3.54. The van der Waals surface area contributed by atoms with Crippen LogP contribution in [-0.4, -0.2) is 68.3 Å². The zero-order valence-electron chi connectivity index (χ0n) is 18.5. The minimum Gasteiger partial charge on any atom is -0.475 e. The number of nitrogens with zero attached hydrogens (tertiary/aromatic N) is 6. The van der Waals surface area contributed by atoms with E-state index in [-0.39, 0.29) is 0 Å². The van der Waals surface area contributed by atoms with Crippen molar-refractivity contribution in [2.75, 3.05) is 36.5 Å². The summed E-state index contributed by atoms with van der Waals surface area (Å²) in [4.78, 5) is 24.4. The first kappa shape index (κ1) is 25.3. The van der Waals surface area contributed by atoms with E-state index in [0.717, 1.165) is 45.8 Å². The lowest BCUT2D eigenvalue weighted by Crippen LogP contribution is -2.37. The number of rotatable bonds is 4. The molecule has 0 bridgehead atoms. The van der Waals surface area contributed by atoms with E-state index in [9.17, 15) is 13.2 Å². The van der Waals surface area contributed by atoms with Gasteiger partial charge in [-0.25, -0.2) is 19.4 Å². The molecule has 10 nitrogen and oxygen atoms in total. The summed E-state index contributed by atoms with van der Waals surface area (Å²) in [6.07, 6.45) is -1.54. The molecular formula is C22H19BrF3N7O3. The van der Waals surface area contributed by atoms with Gasteiger partial charge in [-0.05, 0) is 46.3 Å². The van der Waals surface area contributed by atoms with Crippen LogP contribution in [0.5, 0.6) is 0 Å². The van der Waals surface area contributed by atoms with E-state index < -0.39 is 12.1 Å². The molecule has 1 saturated heterocycles. The van der Waals surface area contributed by atoms with Gasteiger partial charge in [-0.15, -0.1) is 5.10 Å². The van der Waals surface area contributed by atoms with E-state index in [2.05, 4.69) is 46.2 Å². The molecule has 188 valence electrons. The molecule has 0 amide bonds. The first-order valence-corrected chi connectivity index (χ1v) is 11.3. The van der Waals surface area contributed by atoms with Crippen molar-refractivity contribution in [3.8, 4) is 5.69 Å². The zero-order chi connectivity index (χ0) is 25.7. The standard InChI is InChI=1S/C20H18BrN7O.C2HF3O2/c21-17-3-1-2-14-12-22-19(25-18(14)17)24-15-4-6-16(7-5-15)28-13-23-20(26-28)27-8-10-29-11-9-27;3-2(4,5)1(6)7/h1-7,12-13H,8-11H2,(H,22,24,25);(H,6,7). The second-order valence-corrected chi connectivity index (χ2v) is 8.29. The number of morpholine rings is 1. The Bertz CT molecular complexity index is 1340. The second kappa shape index (κ2) is 10.9. The first-order chi connectivity index (χ1) is 17.2. The fourth-order valence-electron chi connectivity index (χ4n) is 3.19. The summed E-state index contributed by atoms with van der Waals surface area (Å²) in [7, 11) is 0. The van der Waals surface area contributed by atoms with Crippen LogP contribution in [-0.2, 0) is 9.53 Å². The molecule has 0 unspecified atom stereocenters. The van der Waals surface area contributed by atoms with E-state index in [1.807, 2.05) is 48.7 Å². The largest absolute Gasteiger partial charge is 0.490 e. The average molecular weight is 566 g/mol. The van der Waals surface area contributed by atoms with E-state index in [1.54, 1.807) is 11.0 Å². The maximum absolute atomic E-state index is 10.6. The molecular weight excluding hydrogens is 547 g/mol. The topological polar surface area (TPSA) is 118 Å². The molecule has 1 fully saturated rings. The summed E-state index contributed by atoms with van der Waals surface area (Å²) < 4.78 is 39.8. The Balaban J connectivity index is 0.000000384. The summed E-state index contributed by atoms with van der Waals surface area (Å²) in [6.45, 7) is 3.05. The van der Waals surface area contributed by atoms with E-state index in [1.165, 1.54) is 0 Å². The van der Waals surface area contributed by atoms with Crippen LogP contribution in [0.4, 0.5) is 30.8 Å². The van der Waals surface area contributed by atoms with Crippen molar-refractivity contribution in [2.45, 2.75) is 6.18 Å². The van der Waals surface area contributed by atoms with Crippen LogP contribution >= 0.6 is 15.9 Å². The third kappa shape index (κ3) is 6.26. The Morgan fingerprint density at radius 3 is 2.44 bits per heavy atom. The van der Waals surface area contributed by atoms with Gasteiger partial charge >= 0.3 is 12.1 Å². The van der Waals surface area contributed by atoms with Crippen LogP contribution in [0.1, 0.15) is 0 Å². The number of hydrogen-bond donors (Lipinski definition) is 2. The molecule has 1 aliphatic rings. The third-order valence-electron chi connectivity index (χ3n) is 4.97. The maximum Gasteiger partial charge on any atom is 0.490 e. The zero-order valence-corrected chi connectivity index (χ0v) is 20.1. The van der Waals surface area contributed by atoms with E-state index in [0.29, 0.717) is 19.2 Å². The van der Waals surface area contributed by atoms with Gasteiger partial charge in [0.05, 0.1) is 24.4 Å². The number of ether oxygens (including phenoxy) is 1. The highest BCUT2D eigenvalue weighted by Gasteiger charge is 2.38. The number of para-hydroxylation sites is 1. The minimum atomic E-state index is -5.08. The van der Waals surface area contributed by atoms with Crippen molar-refractivity contribution in [3.63, 3.8) is 0 Å². The molecule has 1 aliphatic heterocycles. The average Bonchev–Trinajstić information content (AvgIpc) is 3.36. The number of carboxylic acids is 1. The Hall–Kier alpha value is -3.78. The molecule has 4 aromatic rings. The van der Waals surface area contributed by atoms with Gasteiger partial charge in [-0.2, -0.15) is 18.2 Å². The fourth-order valence-corrected chi connectivity index (χ4v) is 3.66. The summed E-state index contributed by atoms with van der Waals surface area (Å²) in [5.41, 5.74) is 2.71. The van der Waals surface area contributed by atoms with Gasteiger partial charge in [0.15, 0.2) is 0 Å². The van der Waals surface area contributed by atoms with E-state index in [4.69, 9.17) is 14.6 Å². The van der Waals surface area contributed by atoms with Crippen molar-refractivity contribution in [3.05, 3.63) is 59.5 Å². The molecule has 0 radical (unpaired) electrons. The van der Waals surface area contributed by atoms with Gasteiger partial charge in [0, 0.05) is 34.8 Å². The Kier molecular flexibility index (Phi) is 7.64. The lowest BCUT2D eigenvalue weighted by Gasteiger charge is -2.25. The van der Waals surface area contributed by atoms with Gasteiger partial charge in [0.1, 0.15) is 6.33 Å². The number of anilines is 3. The number of aromatic nitrogens is 5. The number of aliphatic carboxylic acids is 1. The van der Waals surface area contributed by atoms with Gasteiger partial charge in [-0.3, -0.25) is 0 Å². The quantitative estimate of drug-likeness (QED) is 0.375. The molecule has 36 heavy (non-hydrogen) atoms. The molecule has 0 spiro atoms. The first-order valence-electron chi connectivity index (χ1n) is 10.5. The van der Waals surface area contributed by atoms with Gasteiger partial charge in [0.25, 0.3) is 0 Å². The number of benzene rings is 2. The van der Waals surface area contributed by atoms with Gasteiger partial charge < -0.3 is 20.1 Å². The highest BCUT2D eigenvalue weighted by atomic mass is 79.9. The summed E-state index contributed by atoms with van der Waals surface area (Å²) in [6, 6.07) is 13.8. The number of nitrogens with one attached hydrogen (secondary N) is 1. The molecule has 0 aliphatic carbocycles. The molecule has 14 heteroatoms. The second-order valence-electron chi connectivity index (χ2n) is 7.43. The van der Waals surface area contributed by atoms with Gasteiger partial charge in [0.2, 0.25) is 11.9 Å². The van der Waals surface area contributed by atoms with E-state index >= 15 is 0 Å². The molecule has 0 saturated carbocycles. The molecule has 3 heterocycles. The van der Waals surface area contributed by atoms with Crippen LogP contribution in [0, 0.1) is 0 Å². The minimum absolute atomic E-state index is 0.549. The third-order valence-corrected chi connectivity index (χ3v) is 5.61. The lowest BCUT2D eigenvalue weighted by atomic mass is 10.2. The predicted octanol–water partition coefficient (Wildman–Crippen LogP) is 4.19. The van der Waals surface area contributed by atoms with Crippen molar-refractivity contribution in [1.29, 1.82) is 0 Å². The predicted molar refractivity (Wildman–Crippen MR) is 129 cm³/mol. The lowest BCUT2D eigenvalue weighted by molar-refractivity contribution is -0.192. The molecule has 5 rings (SSSR count). The number of alkyl halides is 3.